The fourth-order valence-corrected chi connectivity index (χ4v) is 4.68. The third kappa shape index (κ3) is 8.05. The monoisotopic (exact) mass is 488 g/mol. The minimum Gasteiger partial charge on any atom is -0.493 e. The van der Waals surface area contributed by atoms with Crippen LogP contribution in [0.3, 0.4) is 0 Å². The molecule has 2 amide bonds. The van der Waals surface area contributed by atoms with Crippen LogP contribution in [0.4, 0.5) is 0 Å². The number of nitrogens with zero attached hydrogens (tertiary/aromatic N) is 2. The highest BCUT2D eigenvalue weighted by Gasteiger charge is 2.24. The van der Waals surface area contributed by atoms with E-state index in [9.17, 15) is 9.59 Å². The van der Waals surface area contributed by atoms with Crippen molar-refractivity contribution in [3.05, 3.63) is 45.6 Å². The molecule has 2 aromatic rings. The average molecular weight is 489 g/mol. The Morgan fingerprint density at radius 2 is 1.76 bits per heavy atom. The topological polar surface area (TPSA) is 59.1 Å². The molecule has 1 unspecified atom stereocenters. The second-order valence-electron chi connectivity index (χ2n) is 8.65. The van der Waals surface area contributed by atoms with E-state index in [4.69, 9.17) is 9.47 Å². The van der Waals surface area contributed by atoms with E-state index in [1.54, 1.807) is 30.5 Å². The van der Waals surface area contributed by atoms with E-state index in [0.29, 0.717) is 37.4 Å². The summed E-state index contributed by atoms with van der Waals surface area (Å²) in [6, 6.07) is 10.0. The first-order chi connectivity index (χ1) is 16.3. The highest BCUT2D eigenvalue weighted by molar-refractivity contribution is 7.11. The molecule has 1 aromatic heterocycles. The van der Waals surface area contributed by atoms with E-state index in [1.165, 1.54) is 4.88 Å². The number of thiophene rings is 1. The molecule has 6 nitrogen and oxygen atoms in total. The predicted octanol–water partition coefficient (Wildman–Crippen LogP) is 5.46. The first kappa shape index (κ1) is 27.7. The summed E-state index contributed by atoms with van der Waals surface area (Å²) in [5.74, 6) is 1.41. The summed E-state index contributed by atoms with van der Waals surface area (Å²) in [4.78, 5) is 32.4. The molecular weight excluding hydrogens is 448 g/mol. The van der Waals surface area contributed by atoms with Gasteiger partial charge in [0.2, 0.25) is 11.8 Å². The molecule has 0 fully saturated rings. The average Bonchev–Trinajstić information content (AvgIpc) is 3.26. The number of carbonyl (C=O) groups excluding carboxylic acids is 2. The highest BCUT2D eigenvalue weighted by Crippen LogP contribution is 2.28. The number of carbonyl (C=O) groups is 2. The van der Waals surface area contributed by atoms with Gasteiger partial charge in [-0.3, -0.25) is 9.59 Å². The zero-order valence-electron chi connectivity index (χ0n) is 21.6. The van der Waals surface area contributed by atoms with Crippen LogP contribution in [0.15, 0.2) is 30.3 Å². The Kier molecular flexibility index (Phi) is 11.4. The van der Waals surface area contributed by atoms with Gasteiger partial charge < -0.3 is 19.3 Å². The van der Waals surface area contributed by atoms with Crippen LogP contribution in [0.25, 0.3) is 0 Å². The van der Waals surface area contributed by atoms with Crippen LogP contribution < -0.4 is 9.47 Å². The molecule has 188 valence electrons. The van der Waals surface area contributed by atoms with Crippen molar-refractivity contribution in [1.82, 2.24) is 9.80 Å². The van der Waals surface area contributed by atoms with Crippen molar-refractivity contribution in [2.24, 2.45) is 0 Å². The number of methoxy groups -OCH3 is 2. The van der Waals surface area contributed by atoms with Crippen molar-refractivity contribution in [1.29, 1.82) is 0 Å². The van der Waals surface area contributed by atoms with Crippen molar-refractivity contribution in [3.63, 3.8) is 0 Å². The Hall–Kier alpha value is -2.54. The van der Waals surface area contributed by atoms with E-state index < -0.39 is 0 Å². The lowest BCUT2D eigenvalue weighted by Gasteiger charge is -2.31. The number of aryl methyl sites for hydroxylation is 1. The number of hydrogen-bond donors (Lipinski definition) is 0. The summed E-state index contributed by atoms with van der Waals surface area (Å²) in [6.45, 7) is 9.44. The lowest BCUT2D eigenvalue weighted by atomic mass is 10.1. The van der Waals surface area contributed by atoms with Crippen molar-refractivity contribution in [2.45, 2.75) is 72.4 Å². The highest BCUT2D eigenvalue weighted by atomic mass is 32.1. The molecule has 0 N–H and O–H groups in total. The van der Waals surface area contributed by atoms with Gasteiger partial charge >= 0.3 is 0 Å². The van der Waals surface area contributed by atoms with Gasteiger partial charge in [-0.2, -0.15) is 0 Å². The minimum absolute atomic E-state index is 0.0170. The van der Waals surface area contributed by atoms with E-state index in [-0.39, 0.29) is 24.4 Å². The first-order valence-electron chi connectivity index (χ1n) is 12.2. The molecule has 0 aliphatic carbocycles. The van der Waals surface area contributed by atoms with Crippen LogP contribution >= 0.6 is 11.3 Å². The normalized spacial score (nSPS) is 11.7. The van der Waals surface area contributed by atoms with Gasteiger partial charge in [-0.05, 0) is 62.9 Å². The maximum atomic E-state index is 13.5. The SMILES string of the molecule is CCCCC(=O)N(CC(=O)N(CCc1ccc(OC)c(OC)c1)Cc1ccc(C)s1)C(C)CC. The summed E-state index contributed by atoms with van der Waals surface area (Å²) < 4.78 is 10.8. The Morgan fingerprint density at radius 1 is 1.03 bits per heavy atom. The van der Waals surface area contributed by atoms with Gasteiger partial charge in [0.15, 0.2) is 11.5 Å². The van der Waals surface area contributed by atoms with Crippen molar-refractivity contribution in [3.8, 4) is 11.5 Å². The number of rotatable bonds is 14. The lowest BCUT2D eigenvalue weighted by Crippen LogP contribution is -2.46. The van der Waals surface area contributed by atoms with Gasteiger partial charge in [0, 0.05) is 28.8 Å². The van der Waals surface area contributed by atoms with Crippen molar-refractivity contribution >= 4 is 23.2 Å². The predicted molar refractivity (Wildman–Crippen MR) is 139 cm³/mol. The third-order valence-corrected chi connectivity index (χ3v) is 7.09. The summed E-state index contributed by atoms with van der Waals surface area (Å²) >= 11 is 1.70. The number of benzene rings is 1. The quantitative estimate of drug-likeness (QED) is 0.354. The molecule has 2 rings (SSSR count). The van der Waals surface area contributed by atoms with Crippen LogP contribution in [0.5, 0.6) is 11.5 Å². The molecule has 0 aliphatic rings. The number of amides is 2. The van der Waals surface area contributed by atoms with E-state index in [1.807, 2.05) is 30.0 Å². The van der Waals surface area contributed by atoms with Crippen molar-refractivity contribution < 1.29 is 19.1 Å². The van der Waals surface area contributed by atoms with Gasteiger partial charge in [-0.25, -0.2) is 0 Å². The minimum atomic E-state index is -0.0170. The Balaban J connectivity index is 2.19. The maximum absolute atomic E-state index is 13.5. The number of ether oxygens (including phenoxy) is 2. The molecule has 0 saturated heterocycles. The first-order valence-corrected chi connectivity index (χ1v) is 13.0. The Morgan fingerprint density at radius 3 is 2.35 bits per heavy atom. The van der Waals surface area contributed by atoms with Crippen LogP contribution in [-0.2, 0) is 22.6 Å². The van der Waals surface area contributed by atoms with Gasteiger partial charge in [-0.1, -0.05) is 26.3 Å². The van der Waals surface area contributed by atoms with Gasteiger partial charge in [0.25, 0.3) is 0 Å². The second kappa shape index (κ2) is 14.0. The van der Waals surface area contributed by atoms with Crippen LogP contribution in [0, 0.1) is 6.92 Å². The molecular formula is C27H40N2O4S. The Bertz CT molecular complexity index is 927. The second-order valence-corrected chi connectivity index (χ2v) is 10.0. The van der Waals surface area contributed by atoms with Crippen LogP contribution in [0.2, 0.25) is 0 Å². The van der Waals surface area contributed by atoms with Crippen LogP contribution in [-0.4, -0.2) is 55.0 Å². The summed E-state index contributed by atoms with van der Waals surface area (Å²) in [5.41, 5.74) is 1.07. The molecule has 1 atom stereocenters. The van der Waals surface area contributed by atoms with E-state index >= 15 is 0 Å². The molecule has 0 radical (unpaired) electrons. The number of hydrogen-bond acceptors (Lipinski definition) is 5. The molecule has 0 saturated carbocycles. The smallest absolute Gasteiger partial charge is 0.242 e. The zero-order valence-corrected chi connectivity index (χ0v) is 22.4. The fraction of sp³-hybridized carbons (Fsp3) is 0.556. The fourth-order valence-electron chi connectivity index (χ4n) is 3.78. The maximum Gasteiger partial charge on any atom is 0.242 e. The molecule has 0 spiro atoms. The molecule has 0 bridgehead atoms. The van der Waals surface area contributed by atoms with Gasteiger partial charge in [-0.15, -0.1) is 11.3 Å². The van der Waals surface area contributed by atoms with Gasteiger partial charge in [0.05, 0.1) is 27.3 Å². The zero-order chi connectivity index (χ0) is 25.1. The van der Waals surface area contributed by atoms with Crippen molar-refractivity contribution in [2.75, 3.05) is 27.3 Å². The molecule has 34 heavy (non-hydrogen) atoms. The number of unbranched alkanes of at least 4 members (excludes halogenated alkanes) is 1. The molecule has 0 aliphatic heterocycles. The summed E-state index contributed by atoms with van der Waals surface area (Å²) in [5, 5.41) is 0. The molecule has 1 aromatic carbocycles. The molecule has 1 heterocycles. The van der Waals surface area contributed by atoms with Gasteiger partial charge in [0.1, 0.15) is 0 Å². The third-order valence-electron chi connectivity index (χ3n) is 6.11. The largest absolute Gasteiger partial charge is 0.493 e. The van der Waals surface area contributed by atoms with E-state index in [0.717, 1.165) is 29.7 Å². The Labute approximate surface area is 208 Å². The van der Waals surface area contributed by atoms with E-state index in [2.05, 4.69) is 32.9 Å². The summed E-state index contributed by atoms with van der Waals surface area (Å²) in [6.07, 6.45) is 3.80. The molecule has 7 heteroatoms. The summed E-state index contributed by atoms with van der Waals surface area (Å²) in [7, 11) is 3.24. The van der Waals surface area contributed by atoms with Crippen LogP contribution in [0.1, 0.15) is 61.8 Å². The lowest BCUT2D eigenvalue weighted by molar-refractivity contribution is -0.142. The standard InChI is InChI=1S/C27H40N2O4S/c1-7-9-10-26(30)29(20(3)8-2)19-27(31)28(18-23-13-11-21(4)34-23)16-15-22-12-14-24(32-5)25(17-22)33-6/h11-14,17,20H,7-10,15-16,18-19H2,1-6H3.